The van der Waals surface area contributed by atoms with E-state index in [1.165, 1.54) is 0 Å². The summed E-state index contributed by atoms with van der Waals surface area (Å²) in [6.07, 6.45) is 0. The van der Waals surface area contributed by atoms with Crippen molar-refractivity contribution in [3.63, 3.8) is 0 Å². The number of fused-ring (bicyclic) bond motifs is 1. The first-order valence-electron chi connectivity index (χ1n) is 4.12. The van der Waals surface area contributed by atoms with Crippen molar-refractivity contribution in [3.05, 3.63) is 0 Å². The normalized spacial score (nSPS) is 38.5. The number of hydrogen-bond acceptors (Lipinski definition) is 1. The minimum atomic E-state index is 0.244. The number of likely N-dealkylation sites (tertiary alicyclic amines) is 1. The van der Waals surface area contributed by atoms with Crippen LogP contribution in [0.1, 0.15) is 13.8 Å². The summed E-state index contributed by atoms with van der Waals surface area (Å²) in [7, 11) is 0. The molecular weight excluding hydrogens is 138 g/mol. The van der Waals surface area contributed by atoms with Gasteiger partial charge in [-0.05, 0) is 17.3 Å². The fraction of sp³-hybridized carbons (Fsp3) is 0.875. The minimum Gasteiger partial charge on any atom is -0.370 e. The van der Waals surface area contributed by atoms with Crippen LogP contribution in [-0.2, 0) is 0 Å². The van der Waals surface area contributed by atoms with Crippen LogP contribution in [0.3, 0.4) is 0 Å². The Morgan fingerprint density at radius 3 is 2.27 bits per heavy atom. The lowest BCUT2D eigenvalue weighted by atomic mass is 10.1. The fourth-order valence-corrected chi connectivity index (χ4v) is 2.33. The van der Waals surface area contributed by atoms with Crippen molar-refractivity contribution in [2.75, 3.05) is 13.1 Å². The first-order valence-corrected chi connectivity index (χ1v) is 4.12. The topological polar surface area (TPSA) is 53.1 Å². The molecule has 0 radical (unpaired) electrons. The average molecular weight is 153 g/mol. The molecule has 0 bridgehead atoms. The van der Waals surface area contributed by atoms with Crippen molar-refractivity contribution >= 4 is 5.96 Å². The summed E-state index contributed by atoms with van der Waals surface area (Å²) in [6.45, 7) is 6.62. The smallest absolute Gasteiger partial charge is 0.188 e. The first kappa shape index (κ1) is 6.95. The molecule has 1 aliphatic heterocycles. The summed E-state index contributed by atoms with van der Waals surface area (Å²) in [5.41, 5.74) is 5.91. The molecule has 0 aromatic heterocycles. The maximum absolute atomic E-state index is 7.24. The molecule has 0 aromatic rings. The number of guanidine groups is 1. The number of piperidine rings is 1. The maximum Gasteiger partial charge on any atom is 0.188 e. The third-order valence-corrected chi connectivity index (χ3v) is 3.46. The van der Waals surface area contributed by atoms with Crippen LogP contribution in [-0.4, -0.2) is 23.9 Å². The molecule has 1 saturated heterocycles. The Kier molecular flexibility index (Phi) is 1.08. The Morgan fingerprint density at radius 1 is 1.45 bits per heavy atom. The van der Waals surface area contributed by atoms with Crippen LogP contribution in [0, 0.1) is 22.7 Å². The molecule has 3 heteroatoms. The van der Waals surface area contributed by atoms with E-state index in [9.17, 15) is 0 Å². The third-order valence-electron chi connectivity index (χ3n) is 3.46. The molecule has 2 fully saturated rings. The number of rotatable bonds is 0. The summed E-state index contributed by atoms with van der Waals surface area (Å²) in [5.74, 6) is 1.84. The van der Waals surface area contributed by atoms with Crippen LogP contribution < -0.4 is 5.73 Å². The van der Waals surface area contributed by atoms with Crippen LogP contribution in [0.2, 0.25) is 0 Å². The van der Waals surface area contributed by atoms with Crippen LogP contribution in [0.25, 0.3) is 0 Å². The summed E-state index contributed by atoms with van der Waals surface area (Å²) in [6, 6.07) is 0. The molecule has 0 aromatic carbocycles. The summed E-state index contributed by atoms with van der Waals surface area (Å²) in [4.78, 5) is 1.97. The van der Waals surface area contributed by atoms with E-state index in [0.717, 1.165) is 24.9 Å². The zero-order chi connectivity index (χ0) is 8.22. The molecule has 2 rings (SSSR count). The lowest BCUT2D eigenvalue weighted by molar-refractivity contribution is 0.358. The van der Waals surface area contributed by atoms with Crippen molar-refractivity contribution in [2.24, 2.45) is 23.0 Å². The van der Waals surface area contributed by atoms with Gasteiger partial charge in [-0.2, -0.15) is 0 Å². The van der Waals surface area contributed by atoms with Crippen LogP contribution >= 0.6 is 0 Å². The van der Waals surface area contributed by atoms with Gasteiger partial charge < -0.3 is 10.6 Å². The Labute approximate surface area is 67.1 Å². The zero-order valence-corrected chi connectivity index (χ0v) is 7.09. The van der Waals surface area contributed by atoms with Gasteiger partial charge in [-0.3, -0.25) is 5.41 Å². The highest BCUT2D eigenvalue weighted by molar-refractivity contribution is 5.75. The molecule has 3 N–H and O–H groups in total. The van der Waals surface area contributed by atoms with Gasteiger partial charge in [-0.1, -0.05) is 13.8 Å². The number of nitrogens with zero attached hydrogens (tertiary/aromatic N) is 1. The molecule has 11 heavy (non-hydrogen) atoms. The van der Waals surface area contributed by atoms with Gasteiger partial charge in [-0.25, -0.2) is 0 Å². The van der Waals surface area contributed by atoms with E-state index in [0.29, 0.717) is 5.41 Å². The third kappa shape index (κ3) is 0.767. The molecule has 2 aliphatic rings. The molecule has 1 aliphatic carbocycles. The second-order valence-corrected chi connectivity index (χ2v) is 4.32. The van der Waals surface area contributed by atoms with Crippen molar-refractivity contribution in [1.82, 2.24) is 4.90 Å². The van der Waals surface area contributed by atoms with Gasteiger partial charge in [-0.15, -0.1) is 0 Å². The largest absolute Gasteiger partial charge is 0.370 e. The Bertz CT molecular complexity index is 195. The molecular formula is C8H15N3. The predicted octanol–water partition coefficient (Wildman–Crippen LogP) is 0.468. The Morgan fingerprint density at radius 2 is 1.91 bits per heavy atom. The monoisotopic (exact) mass is 153 g/mol. The molecule has 62 valence electrons. The molecule has 1 saturated carbocycles. The Balaban J connectivity index is 2.00. The minimum absolute atomic E-state index is 0.244. The highest BCUT2D eigenvalue weighted by Gasteiger charge is 2.62. The van der Waals surface area contributed by atoms with Gasteiger partial charge in [0.2, 0.25) is 0 Å². The summed E-state index contributed by atoms with van der Waals surface area (Å²) < 4.78 is 0. The lowest BCUT2D eigenvalue weighted by Crippen LogP contribution is -2.37. The summed E-state index contributed by atoms with van der Waals surface area (Å²) >= 11 is 0. The SMILES string of the molecule is CC1(C)[C@@H]2CN(C(=N)N)C[C@@H]21. The predicted molar refractivity (Wildman–Crippen MR) is 44.2 cm³/mol. The van der Waals surface area contributed by atoms with Crippen molar-refractivity contribution in [1.29, 1.82) is 5.41 Å². The number of hydrogen-bond donors (Lipinski definition) is 2. The lowest BCUT2D eigenvalue weighted by Gasteiger charge is -2.21. The quantitative estimate of drug-likeness (QED) is 0.392. The number of nitrogens with one attached hydrogen (secondary N) is 1. The average Bonchev–Trinajstić information content (AvgIpc) is 2.28. The first-order chi connectivity index (χ1) is 5.03. The van der Waals surface area contributed by atoms with Crippen molar-refractivity contribution < 1.29 is 0 Å². The van der Waals surface area contributed by atoms with E-state index in [-0.39, 0.29) is 5.96 Å². The van der Waals surface area contributed by atoms with Gasteiger partial charge in [0.25, 0.3) is 0 Å². The standard InChI is InChI=1S/C8H15N3/c1-8(2)5-3-11(7(9)10)4-6(5)8/h5-6H,3-4H2,1-2H3,(H3,9,10)/t5-,6+. The molecule has 0 spiro atoms. The molecule has 0 unspecified atom stereocenters. The van der Waals surface area contributed by atoms with E-state index < -0.39 is 0 Å². The molecule has 3 nitrogen and oxygen atoms in total. The van der Waals surface area contributed by atoms with Crippen molar-refractivity contribution in [3.8, 4) is 0 Å². The van der Waals surface area contributed by atoms with E-state index in [1.807, 2.05) is 4.90 Å². The Hall–Kier alpha value is -0.730. The highest BCUT2D eigenvalue weighted by atomic mass is 15.3. The zero-order valence-electron chi connectivity index (χ0n) is 7.09. The van der Waals surface area contributed by atoms with E-state index in [4.69, 9.17) is 11.1 Å². The second-order valence-electron chi connectivity index (χ2n) is 4.32. The summed E-state index contributed by atoms with van der Waals surface area (Å²) in [5, 5.41) is 7.24. The maximum atomic E-state index is 7.24. The van der Waals surface area contributed by atoms with E-state index in [1.54, 1.807) is 0 Å². The van der Waals surface area contributed by atoms with Crippen LogP contribution in [0.15, 0.2) is 0 Å². The van der Waals surface area contributed by atoms with Gasteiger partial charge in [0.05, 0.1) is 0 Å². The molecule has 2 atom stereocenters. The van der Waals surface area contributed by atoms with Gasteiger partial charge in [0, 0.05) is 13.1 Å². The van der Waals surface area contributed by atoms with E-state index >= 15 is 0 Å². The van der Waals surface area contributed by atoms with Gasteiger partial charge in [0.1, 0.15) is 0 Å². The fourth-order valence-electron chi connectivity index (χ4n) is 2.33. The van der Waals surface area contributed by atoms with Crippen molar-refractivity contribution in [2.45, 2.75) is 13.8 Å². The van der Waals surface area contributed by atoms with Crippen LogP contribution in [0.5, 0.6) is 0 Å². The van der Waals surface area contributed by atoms with Crippen LogP contribution in [0.4, 0.5) is 0 Å². The second kappa shape index (κ2) is 1.71. The highest BCUT2D eigenvalue weighted by Crippen LogP contribution is 2.61. The van der Waals surface area contributed by atoms with Gasteiger partial charge >= 0.3 is 0 Å². The molecule has 1 heterocycles. The van der Waals surface area contributed by atoms with E-state index in [2.05, 4.69) is 13.8 Å². The molecule has 0 amide bonds. The number of nitrogens with two attached hydrogens (primary N) is 1. The van der Waals surface area contributed by atoms with Gasteiger partial charge in [0.15, 0.2) is 5.96 Å².